The first kappa shape index (κ1) is 5.79. The van der Waals surface area contributed by atoms with Gasteiger partial charge in [-0.1, -0.05) is 0 Å². The van der Waals surface area contributed by atoms with E-state index in [1.807, 2.05) is 6.92 Å². The molecule has 0 saturated carbocycles. The zero-order valence-electron chi connectivity index (χ0n) is 4.92. The van der Waals surface area contributed by atoms with Crippen molar-refractivity contribution in [2.45, 2.75) is 6.92 Å². The predicted molar refractivity (Wildman–Crippen MR) is 31.2 cm³/mol. The van der Waals surface area contributed by atoms with Crippen LogP contribution in [0.3, 0.4) is 0 Å². The van der Waals surface area contributed by atoms with E-state index in [-0.39, 0.29) is 0 Å². The van der Waals surface area contributed by atoms with Gasteiger partial charge < -0.3 is 4.42 Å². The molecule has 0 aliphatic rings. The van der Waals surface area contributed by atoms with Crippen molar-refractivity contribution in [3.8, 4) is 0 Å². The molecule has 1 aromatic rings. The summed E-state index contributed by atoms with van der Waals surface area (Å²) in [7, 11) is 0. The second-order valence-corrected chi connectivity index (χ2v) is 1.67. The third-order valence-electron chi connectivity index (χ3n) is 0.873. The van der Waals surface area contributed by atoms with Gasteiger partial charge in [0.1, 0.15) is 0 Å². The molecule has 0 aliphatic carbocycles. The molecule has 0 amide bonds. The van der Waals surface area contributed by atoms with Crippen LogP contribution in [-0.2, 0) is 4.79 Å². The Balaban J connectivity index is 2.97. The summed E-state index contributed by atoms with van der Waals surface area (Å²) in [6, 6.07) is 1.66. The first-order valence-corrected chi connectivity index (χ1v) is 2.46. The maximum absolute atomic E-state index is 9.63. The first-order valence-electron chi connectivity index (χ1n) is 2.46. The van der Waals surface area contributed by atoms with E-state index >= 15 is 0 Å². The van der Waals surface area contributed by atoms with Gasteiger partial charge in [-0.25, -0.2) is 4.79 Å². The van der Waals surface area contributed by atoms with Gasteiger partial charge in [0.25, 0.3) is 0 Å². The maximum Gasteiger partial charge on any atom is 0.243 e. The van der Waals surface area contributed by atoms with E-state index in [0.717, 1.165) is 5.56 Å². The van der Waals surface area contributed by atoms with Gasteiger partial charge in [-0.3, -0.25) is 0 Å². The Hall–Kier alpha value is -1.34. The number of nitrogens with zero attached hydrogens (tertiary/aromatic N) is 1. The lowest BCUT2D eigenvalue weighted by molar-refractivity contribution is 0.554. The normalized spacial score (nSPS) is 8.56. The second-order valence-electron chi connectivity index (χ2n) is 1.67. The number of aliphatic imine (C=N–C) groups is 1. The summed E-state index contributed by atoms with van der Waals surface area (Å²) in [4.78, 5) is 12.9. The zero-order valence-corrected chi connectivity index (χ0v) is 4.92. The zero-order chi connectivity index (χ0) is 6.69. The van der Waals surface area contributed by atoms with Gasteiger partial charge in [0.2, 0.25) is 12.0 Å². The molecule has 0 aromatic carbocycles. The van der Waals surface area contributed by atoms with Crippen molar-refractivity contribution in [2.24, 2.45) is 4.99 Å². The van der Waals surface area contributed by atoms with Crippen molar-refractivity contribution >= 4 is 12.0 Å². The number of isocyanates is 1. The van der Waals surface area contributed by atoms with E-state index in [2.05, 4.69) is 4.99 Å². The van der Waals surface area contributed by atoms with Gasteiger partial charge >= 0.3 is 0 Å². The lowest BCUT2D eigenvalue weighted by atomic mass is 10.4. The molecule has 1 heterocycles. The minimum absolute atomic E-state index is 0.308. The molecule has 0 aliphatic heterocycles. The van der Waals surface area contributed by atoms with Crippen LogP contribution < -0.4 is 0 Å². The topological polar surface area (TPSA) is 42.6 Å². The summed E-state index contributed by atoms with van der Waals surface area (Å²) in [5.41, 5.74) is 0.948. The van der Waals surface area contributed by atoms with Crippen molar-refractivity contribution in [1.82, 2.24) is 0 Å². The SMILES string of the molecule is Cc1coc(N=C=O)c1. The van der Waals surface area contributed by atoms with Crippen LogP contribution in [0.4, 0.5) is 5.88 Å². The largest absolute Gasteiger partial charge is 0.446 e. The Kier molecular flexibility index (Phi) is 1.47. The summed E-state index contributed by atoms with van der Waals surface area (Å²) in [5.74, 6) is 0.308. The fourth-order valence-electron chi connectivity index (χ4n) is 0.520. The van der Waals surface area contributed by atoms with Gasteiger partial charge in [0.05, 0.1) is 6.26 Å². The molecule has 0 saturated heterocycles. The van der Waals surface area contributed by atoms with Crippen molar-refractivity contribution in [1.29, 1.82) is 0 Å². The molecule has 0 bridgehead atoms. The highest BCUT2D eigenvalue weighted by molar-refractivity contribution is 5.43. The van der Waals surface area contributed by atoms with Crippen molar-refractivity contribution in [2.75, 3.05) is 0 Å². The van der Waals surface area contributed by atoms with Gasteiger partial charge in [0.15, 0.2) is 0 Å². The third-order valence-corrected chi connectivity index (χ3v) is 0.873. The van der Waals surface area contributed by atoms with E-state index in [4.69, 9.17) is 4.42 Å². The van der Waals surface area contributed by atoms with Crippen LogP contribution in [-0.4, -0.2) is 6.08 Å². The summed E-state index contributed by atoms with van der Waals surface area (Å²) in [6.45, 7) is 1.85. The number of carbonyl (C=O) groups excluding carboxylic acids is 1. The Labute approximate surface area is 52.0 Å². The monoisotopic (exact) mass is 123 g/mol. The summed E-state index contributed by atoms with van der Waals surface area (Å²) >= 11 is 0. The minimum Gasteiger partial charge on any atom is -0.446 e. The Bertz CT molecular complexity index is 245. The maximum atomic E-state index is 9.63. The average Bonchev–Trinajstić information content (AvgIpc) is 2.17. The number of rotatable bonds is 1. The van der Waals surface area contributed by atoms with E-state index in [0.29, 0.717) is 5.88 Å². The van der Waals surface area contributed by atoms with E-state index < -0.39 is 0 Å². The molecule has 0 radical (unpaired) electrons. The highest BCUT2D eigenvalue weighted by atomic mass is 16.3. The standard InChI is InChI=1S/C6H5NO2/c1-5-2-6(7-4-8)9-3-5/h2-3H,1H3. The number of hydrogen-bond donors (Lipinski definition) is 0. The molecule has 0 unspecified atom stereocenters. The highest BCUT2D eigenvalue weighted by Crippen LogP contribution is 2.13. The smallest absolute Gasteiger partial charge is 0.243 e. The molecular formula is C6H5NO2. The molecule has 1 rings (SSSR count). The van der Waals surface area contributed by atoms with E-state index in [1.165, 1.54) is 12.3 Å². The van der Waals surface area contributed by atoms with Crippen LogP contribution in [0.5, 0.6) is 0 Å². The lowest BCUT2D eigenvalue weighted by Gasteiger charge is -1.71. The predicted octanol–water partition coefficient (Wildman–Crippen LogP) is 1.56. The van der Waals surface area contributed by atoms with Crippen LogP contribution in [0, 0.1) is 6.92 Å². The Morgan fingerprint density at radius 1 is 1.78 bits per heavy atom. The van der Waals surface area contributed by atoms with Crippen LogP contribution in [0.2, 0.25) is 0 Å². The van der Waals surface area contributed by atoms with Gasteiger partial charge in [0, 0.05) is 6.07 Å². The fraction of sp³-hybridized carbons (Fsp3) is 0.167. The number of hydrogen-bond acceptors (Lipinski definition) is 3. The van der Waals surface area contributed by atoms with E-state index in [1.54, 1.807) is 6.07 Å². The van der Waals surface area contributed by atoms with Gasteiger partial charge in [-0.05, 0) is 12.5 Å². The van der Waals surface area contributed by atoms with Crippen LogP contribution in [0.1, 0.15) is 5.56 Å². The van der Waals surface area contributed by atoms with Crippen LogP contribution in [0.25, 0.3) is 0 Å². The third kappa shape index (κ3) is 1.27. The van der Waals surface area contributed by atoms with Crippen LogP contribution >= 0.6 is 0 Å². The summed E-state index contributed by atoms with van der Waals surface area (Å²) in [5, 5.41) is 0. The van der Waals surface area contributed by atoms with Crippen molar-refractivity contribution in [3.63, 3.8) is 0 Å². The molecule has 46 valence electrons. The second kappa shape index (κ2) is 2.29. The molecule has 3 nitrogen and oxygen atoms in total. The lowest BCUT2D eigenvalue weighted by Crippen LogP contribution is -1.52. The average molecular weight is 123 g/mol. The van der Waals surface area contributed by atoms with Gasteiger partial charge in [-0.2, -0.15) is 0 Å². The molecular weight excluding hydrogens is 118 g/mol. The molecule has 0 atom stereocenters. The number of furan rings is 1. The summed E-state index contributed by atoms with van der Waals surface area (Å²) in [6.07, 6.45) is 2.90. The van der Waals surface area contributed by atoms with Crippen molar-refractivity contribution in [3.05, 3.63) is 17.9 Å². The Morgan fingerprint density at radius 2 is 2.56 bits per heavy atom. The molecule has 1 aromatic heterocycles. The molecule has 9 heavy (non-hydrogen) atoms. The number of aryl methyl sites for hydroxylation is 1. The minimum atomic E-state index is 0.308. The van der Waals surface area contributed by atoms with E-state index in [9.17, 15) is 4.79 Å². The molecule has 0 fully saturated rings. The Morgan fingerprint density at radius 3 is 3.00 bits per heavy atom. The summed E-state index contributed by atoms with van der Waals surface area (Å²) < 4.78 is 4.78. The van der Waals surface area contributed by atoms with Gasteiger partial charge in [-0.15, -0.1) is 4.99 Å². The molecule has 3 heteroatoms. The molecule has 0 N–H and O–H groups in total. The molecule has 0 spiro atoms. The highest BCUT2D eigenvalue weighted by Gasteiger charge is 1.91. The first-order chi connectivity index (χ1) is 4.33. The van der Waals surface area contributed by atoms with Crippen molar-refractivity contribution < 1.29 is 9.21 Å². The quantitative estimate of drug-likeness (QED) is 0.420. The van der Waals surface area contributed by atoms with Crippen LogP contribution in [0.15, 0.2) is 21.7 Å². The fourth-order valence-corrected chi connectivity index (χ4v) is 0.520.